The number of hydrogen-bond acceptors (Lipinski definition) is 3. The van der Waals surface area contributed by atoms with Crippen molar-refractivity contribution < 1.29 is 9.21 Å². The van der Waals surface area contributed by atoms with Gasteiger partial charge in [-0.3, -0.25) is 4.79 Å². The van der Waals surface area contributed by atoms with Gasteiger partial charge in [0.15, 0.2) is 0 Å². The molecule has 3 aromatic rings. The predicted octanol–water partition coefficient (Wildman–Crippen LogP) is 6.14. The number of amides is 1. The number of anilines is 2. The normalized spacial score (nSPS) is 11.0. The number of furan rings is 1. The Balaban J connectivity index is 1.72. The van der Waals surface area contributed by atoms with E-state index in [0.717, 1.165) is 0 Å². The zero-order valence-electron chi connectivity index (χ0n) is 13.3. The van der Waals surface area contributed by atoms with E-state index in [0.29, 0.717) is 43.5 Å². The van der Waals surface area contributed by atoms with Gasteiger partial charge in [0.2, 0.25) is 5.91 Å². The monoisotopic (exact) mass is 406 g/mol. The van der Waals surface area contributed by atoms with E-state index in [1.54, 1.807) is 54.6 Å². The maximum atomic E-state index is 12.0. The van der Waals surface area contributed by atoms with Crippen LogP contribution in [0, 0.1) is 0 Å². The summed E-state index contributed by atoms with van der Waals surface area (Å²) in [5, 5.41) is 3.89. The van der Waals surface area contributed by atoms with Crippen molar-refractivity contribution in [1.82, 2.24) is 0 Å². The Morgan fingerprint density at radius 3 is 2.62 bits per heavy atom. The summed E-state index contributed by atoms with van der Waals surface area (Å²) in [5.41, 5.74) is 7.29. The lowest BCUT2D eigenvalue weighted by atomic mass is 10.2. The van der Waals surface area contributed by atoms with E-state index in [4.69, 9.17) is 45.0 Å². The van der Waals surface area contributed by atoms with Gasteiger partial charge in [-0.15, -0.1) is 0 Å². The SMILES string of the molecule is Nc1ccc(NC(=O)/C=C/c2ccc(-c3cccc(Cl)c3Cl)o2)c(Cl)c1. The molecule has 0 bridgehead atoms. The number of carbonyl (C=O) groups is 1. The van der Waals surface area contributed by atoms with Crippen LogP contribution in [0.3, 0.4) is 0 Å². The molecule has 7 heteroatoms. The van der Waals surface area contributed by atoms with Crippen LogP contribution < -0.4 is 11.1 Å². The quantitative estimate of drug-likeness (QED) is 0.403. The number of hydrogen-bond donors (Lipinski definition) is 2. The van der Waals surface area contributed by atoms with Crippen LogP contribution in [0.2, 0.25) is 15.1 Å². The van der Waals surface area contributed by atoms with Crippen LogP contribution in [0.15, 0.2) is 59.0 Å². The van der Waals surface area contributed by atoms with Crippen molar-refractivity contribution in [2.24, 2.45) is 0 Å². The number of nitrogens with one attached hydrogen (secondary N) is 1. The molecule has 0 saturated carbocycles. The number of nitrogen functional groups attached to an aromatic ring is 1. The standard InChI is InChI=1S/C19H13Cl3N2O2/c20-14-3-1-2-13(19(14)22)17-8-5-12(26-17)6-9-18(25)24-16-7-4-11(23)10-15(16)21/h1-10H,23H2,(H,24,25)/b9-6+. The van der Waals surface area contributed by atoms with Crippen LogP contribution in [0.1, 0.15) is 5.76 Å². The topological polar surface area (TPSA) is 68.3 Å². The van der Waals surface area contributed by atoms with E-state index in [1.807, 2.05) is 0 Å². The fourth-order valence-electron chi connectivity index (χ4n) is 2.25. The maximum absolute atomic E-state index is 12.0. The van der Waals surface area contributed by atoms with E-state index >= 15 is 0 Å². The minimum Gasteiger partial charge on any atom is -0.457 e. The Hall–Kier alpha value is -2.40. The molecule has 4 nitrogen and oxygen atoms in total. The first kappa shape index (κ1) is 18.4. The van der Waals surface area contributed by atoms with E-state index < -0.39 is 0 Å². The summed E-state index contributed by atoms with van der Waals surface area (Å²) < 4.78 is 5.69. The van der Waals surface area contributed by atoms with E-state index in [9.17, 15) is 4.79 Å². The highest BCUT2D eigenvalue weighted by Crippen LogP contribution is 2.34. The summed E-state index contributed by atoms with van der Waals surface area (Å²) in [4.78, 5) is 12.0. The molecule has 1 heterocycles. The number of rotatable bonds is 4. The lowest BCUT2D eigenvalue weighted by Crippen LogP contribution is -2.08. The second-order valence-corrected chi connectivity index (χ2v) is 6.56. The smallest absolute Gasteiger partial charge is 0.248 e. The third-order valence-electron chi connectivity index (χ3n) is 3.49. The molecule has 0 atom stereocenters. The van der Waals surface area contributed by atoms with Crippen LogP contribution in [0.4, 0.5) is 11.4 Å². The molecule has 0 spiro atoms. The zero-order chi connectivity index (χ0) is 18.7. The van der Waals surface area contributed by atoms with Crippen LogP contribution >= 0.6 is 34.8 Å². The summed E-state index contributed by atoms with van der Waals surface area (Å²) in [7, 11) is 0. The number of halogens is 3. The lowest BCUT2D eigenvalue weighted by Gasteiger charge is -2.05. The number of nitrogens with two attached hydrogens (primary N) is 1. The molecule has 0 aliphatic heterocycles. The third kappa shape index (κ3) is 4.22. The molecule has 132 valence electrons. The minimum absolute atomic E-state index is 0.351. The van der Waals surface area contributed by atoms with Crippen LogP contribution in [0.25, 0.3) is 17.4 Å². The number of carbonyl (C=O) groups excluding carboxylic acids is 1. The van der Waals surface area contributed by atoms with Crippen LogP contribution in [-0.4, -0.2) is 5.91 Å². The minimum atomic E-state index is -0.351. The van der Waals surface area contributed by atoms with Crippen molar-refractivity contribution >= 4 is 58.2 Å². The Morgan fingerprint density at radius 2 is 1.85 bits per heavy atom. The number of benzene rings is 2. The Labute approximate surface area is 165 Å². The second-order valence-electron chi connectivity index (χ2n) is 5.37. The Kier molecular flexibility index (Phi) is 5.57. The lowest BCUT2D eigenvalue weighted by molar-refractivity contribution is -0.111. The fraction of sp³-hybridized carbons (Fsp3) is 0. The molecular formula is C19H13Cl3N2O2. The average Bonchev–Trinajstić information content (AvgIpc) is 3.07. The molecular weight excluding hydrogens is 395 g/mol. The van der Waals surface area contributed by atoms with Gasteiger partial charge < -0.3 is 15.5 Å². The van der Waals surface area contributed by atoms with Crippen molar-refractivity contribution in [2.45, 2.75) is 0 Å². The maximum Gasteiger partial charge on any atom is 0.248 e. The molecule has 0 fully saturated rings. The van der Waals surface area contributed by atoms with Crippen molar-refractivity contribution in [3.05, 3.63) is 75.4 Å². The summed E-state index contributed by atoms with van der Waals surface area (Å²) in [5.74, 6) is 0.698. The van der Waals surface area contributed by atoms with Gasteiger partial charge >= 0.3 is 0 Å². The molecule has 1 aromatic heterocycles. The van der Waals surface area contributed by atoms with Gasteiger partial charge in [-0.05, 0) is 48.5 Å². The summed E-state index contributed by atoms with van der Waals surface area (Å²) in [6, 6.07) is 13.6. The first-order valence-electron chi connectivity index (χ1n) is 7.52. The fourth-order valence-corrected chi connectivity index (χ4v) is 2.88. The molecule has 0 saturated heterocycles. The third-order valence-corrected chi connectivity index (χ3v) is 4.63. The molecule has 2 aromatic carbocycles. The van der Waals surface area contributed by atoms with Crippen molar-refractivity contribution in [3.63, 3.8) is 0 Å². The zero-order valence-corrected chi connectivity index (χ0v) is 15.6. The van der Waals surface area contributed by atoms with Gasteiger partial charge in [-0.2, -0.15) is 0 Å². The highest BCUT2D eigenvalue weighted by atomic mass is 35.5. The first-order chi connectivity index (χ1) is 12.4. The highest BCUT2D eigenvalue weighted by molar-refractivity contribution is 6.43. The molecule has 3 N–H and O–H groups in total. The molecule has 3 rings (SSSR count). The summed E-state index contributed by atoms with van der Waals surface area (Å²) >= 11 is 18.2. The van der Waals surface area contributed by atoms with E-state index in [2.05, 4.69) is 5.32 Å². The molecule has 0 radical (unpaired) electrons. The van der Waals surface area contributed by atoms with E-state index in [1.165, 1.54) is 6.08 Å². The molecule has 0 aliphatic carbocycles. The van der Waals surface area contributed by atoms with Crippen LogP contribution in [-0.2, 0) is 4.79 Å². The van der Waals surface area contributed by atoms with Gasteiger partial charge in [0.25, 0.3) is 0 Å². The highest BCUT2D eigenvalue weighted by Gasteiger charge is 2.10. The van der Waals surface area contributed by atoms with Crippen molar-refractivity contribution in [3.8, 4) is 11.3 Å². The molecule has 0 unspecified atom stereocenters. The van der Waals surface area contributed by atoms with Gasteiger partial charge in [-0.25, -0.2) is 0 Å². The Morgan fingerprint density at radius 1 is 1.04 bits per heavy atom. The average molecular weight is 408 g/mol. The van der Waals surface area contributed by atoms with E-state index in [-0.39, 0.29) is 5.91 Å². The second kappa shape index (κ2) is 7.87. The predicted molar refractivity (Wildman–Crippen MR) is 108 cm³/mol. The van der Waals surface area contributed by atoms with Gasteiger partial charge in [-0.1, -0.05) is 40.9 Å². The largest absolute Gasteiger partial charge is 0.457 e. The van der Waals surface area contributed by atoms with Crippen molar-refractivity contribution in [1.29, 1.82) is 0 Å². The van der Waals surface area contributed by atoms with Gasteiger partial charge in [0, 0.05) is 17.3 Å². The molecule has 26 heavy (non-hydrogen) atoms. The molecule has 0 aliphatic rings. The summed E-state index contributed by atoms with van der Waals surface area (Å²) in [6.07, 6.45) is 2.89. The first-order valence-corrected chi connectivity index (χ1v) is 8.66. The van der Waals surface area contributed by atoms with Gasteiger partial charge in [0.05, 0.1) is 20.8 Å². The van der Waals surface area contributed by atoms with Crippen LogP contribution in [0.5, 0.6) is 0 Å². The van der Waals surface area contributed by atoms with Gasteiger partial charge in [0.1, 0.15) is 11.5 Å². The summed E-state index contributed by atoms with van der Waals surface area (Å²) in [6.45, 7) is 0. The van der Waals surface area contributed by atoms with Crippen molar-refractivity contribution in [2.75, 3.05) is 11.1 Å². The molecule has 1 amide bonds. The Bertz CT molecular complexity index is 996.